The van der Waals surface area contributed by atoms with Crippen LogP contribution in [0.4, 0.5) is 0 Å². The second-order valence-corrected chi connectivity index (χ2v) is 6.06. The standard InChI is InChI=1S/C16H16BrNOS/c1-10-7-12(16(18)20)3-4-13(10)9-19-15-6-5-14(17)8-11(15)2/h3-8H,9H2,1-2H3,(H2,18,20). The average Bonchev–Trinajstić information content (AvgIpc) is 2.38. The number of hydrogen-bond donors (Lipinski definition) is 1. The van der Waals surface area contributed by atoms with Gasteiger partial charge in [-0.25, -0.2) is 0 Å². The highest BCUT2D eigenvalue weighted by atomic mass is 79.9. The minimum Gasteiger partial charge on any atom is -0.489 e. The molecule has 0 amide bonds. The van der Waals surface area contributed by atoms with Crippen LogP contribution in [0.25, 0.3) is 0 Å². The highest BCUT2D eigenvalue weighted by molar-refractivity contribution is 9.10. The molecule has 0 aliphatic rings. The molecule has 0 saturated heterocycles. The highest BCUT2D eigenvalue weighted by Gasteiger charge is 2.05. The summed E-state index contributed by atoms with van der Waals surface area (Å²) in [4.78, 5) is 0.421. The van der Waals surface area contributed by atoms with Gasteiger partial charge >= 0.3 is 0 Å². The predicted octanol–water partition coefficient (Wildman–Crippen LogP) is 4.28. The van der Waals surface area contributed by atoms with Gasteiger partial charge in [0.2, 0.25) is 0 Å². The molecule has 0 spiro atoms. The van der Waals surface area contributed by atoms with Gasteiger partial charge in [0.1, 0.15) is 17.3 Å². The largest absolute Gasteiger partial charge is 0.489 e. The number of ether oxygens (including phenoxy) is 1. The van der Waals surface area contributed by atoms with Crippen LogP contribution in [0.5, 0.6) is 5.75 Å². The minimum absolute atomic E-state index is 0.421. The molecule has 0 aromatic heterocycles. The maximum atomic E-state index is 5.87. The predicted molar refractivity (Wildman–Crippen MR) is 90.3 cm³/mol. The smallest absolute Gasteiger partial charge is 0.122 e. The van der Waals surface area contributed by atoms with Gasteiger partial charge in [0.05, 0.1) is 0 Å². The van der Waals surface area contributed by atoms with Crippen molar-refractivity contribution in [2.45, 2.75) is 20.5 Å². The Kier molecular flexibility index (Phi) is 4.78. The molecular weight excluding hydrogens is 334 g/mol. The van der Waals surface area contributed by atoms with E-state index in [1.807, 2.05) is 50.2 Å². The van der Waals surface area contributed by atoms with Crippen LogP contribution >= 0.6 is 28.1 Å². The number of rotatable bonds is 4. The zero-order chi connectivity index (χ0) is 14.7. The Morgan fingerprint density at radius 3 is 2.50 bits per heavy atom. The molecule has 2 aromatic carbocycles. The third-order valence-electron chi connectivity index (χ3n) is 3.15. The molecule has 0 unspecified atom stereocenters. The van der Waals surface area contributed by atoms with Crippen molar-refractivity contribution in [1.82, 2.24) is 0 Å². The number of benzene rings is 2. The monoisotopic (exact) mass is 349 g/mol. The molecule has 0 atom stereocenters. The summed E-state index contributed by atoms with van der Waals surface area (Å²) in [7, 11) is 0. The van der Waals surface area contributed by atoms with Crippen molar-refractivity contribution in [2.24, 2.45) is 5.73 Å². The lowest BCUT2D eigenvalue weighted by Crippen LogP contribution is -2.10. The van der Waals surface area contributed by atoms with Crippen molar-refractivity contribution in [3.63, 3.8) is 0 Å². The zero-order valence-corrected chi connectivity index (χ0v) is 13.8. The van der Waals surface area contributed by atoms with Crippen LogP contribution in [-0.4, -0.2) is 4.99 Å². The van der Waals surface area contributed by atoms with Gasteiger partial charge in [-0.15, -0.1) is 0 Å². The Bertz CT molecular complexity index is 655. The number of hydrogen-bond acceptors (Lipinski definition) is 2. The zero-order valence-electron chi connectivity index (χ0n) is 11.4. The molecule has 20 heavy (non-hydrogen) atoms. The Morgan fingerprint density at radius 1 is 1.15 bits per heavy atom. The van der Waals surface area contributed by atoms with Gasteiger partial charge in [-0.1, -0.05) is 40.3 Å². The summed E-state index contributed by atoms with van der Waals surface area (Å²) < 4.78 is 6.93. The molecule has 0 radical (unpaired) electrons. The number of halogens is 1. The summed E-state index contributed by atoms with van der Waals surface area (Å²) in [6, 6.07) is 11.9. The van der Waals surface area contributed by atoms with E-state index in [4.69, 9.17) is 22.7 Å². The summed E-state index contributed by atoms with van der Waals surface area (Å²) in [6.45, 7) is 4.60. The fourth-order valence-electron chi connectivity index (χ4n) is 1.94. The molecule has 0 aliphatic heterocycles. The SMILES string of the molecule is Cc1cc(C(N)=S)ccc1COc1ccc(Br)cc1C. The van der Waals surface area contributed by atoms with Crippen molar-refractivity contribution >= 4 is 33.1 Å². The molecule has 0 bridgehead atoms. The van der Waals surface area contributed by atoms with E-state index >= 15 is 0 Å². The quantitative estimate of drug-likeness (QED) is 0.836. The molecule has 0 fully saturated rings. The molecule has 2 aromatic rings. The Balaban J connectivity index is 2.13. The molecule has 104 valence electrons. The van der Waals surface area contributed by atoms with Crippen molar-refractivity contribution in [1.29, 1.82) is 0 Å². The Hall–Kier alpha value is -1.39. The van der Waals surface area contributed by atoms with Gasteiger partial charge in [-0.05, 0) is 54.8 Å². The van der Waals surface area contributed by atoms with Gasteiger partial charge in [0.15, 0.2) is 0 Å². The molecule has 0 aliphatic carbocycles. The van der Waals surface area contributed by atoms with Crippen LogP contribution in [0.3, 0.4) is 0 Å². The van der Waals surface area contributed by atoms with E-state index in [9.17, 15) is 0 Å². The van der Waals surface area contributed by atoms with E-state index in [1.165, 1.54) is 0 Å². The number of aryl methyl sites for hydroxylation is 2. The van der Waals surface area contributed by atoms with Crippen LogP contribution in [0, 0.1) is 13.8 Å². The van der Waals surface area contributed by atoms with E-state index in [0.717, 1.165) is 32.5 Å². The van der Waals surface area contributed by atoms with Crippen LogP contribution < -0.4 is 10.5 Å². The first-order chi connectivity index (χ1) is 9.47. The van der Waals surface area contributed by atoms with Gasteiger partial charge in [-0.2, -0.15) is 0 Å². The van der Waals surface area contributed by atoms with E-state index < -0.39 is 0 Å². The van der Waals surface area contributed by atoms with Crippen LogP contribution in [0.15, 0.2) is 40.9 Å². The second-order valence-electron chi connectivity index (χ2n) is 4.70. The summed E-state index contributed by atoms with van der Waals surface area (Å²) in [5, 5.41) is 0. The lowest BCUT2D eigenvalue weighted by molar-refractivity contribution is 0.303. The fourth-order valence-corrected chi connectivity index (χ4v) is 2.54. The van der Waals surface area contributed by atoms with E-state index in [1.54, 1.807) is 0 Å². The summed E-state index contributed by atoms with van der Waals surface area (Å²) in [5.74, 6) is 0.894. The van der Waals surface area contributed by atoms with Gasteiger partial charge in [-0.3, -0.25) is 0 Å². The second kappa shape index (κ2) is 6.37. The molecule has 2 nitrogen and oxygen atoms in total. The maximum absolute atomic E-state index is 5.87. The topological polar surface area (TPSA) is 35.2 Å². The number of nitrogens with two attached hydrogens (primary N) is 1. The van der Waals surface area contributed by atoms with E-state index in [-0.39, 0.29) is 0 Å². The Morgan fingerprint density at radius 2 is 1.90 bits per heavy atom. The number of thiocarbonyl (C=S) groups is 1. The fraction of sp³-hybridized carbons (Fsp3) is 0.188. The Labute approximate surface area is 133 Å². The van der Waals surface area contributed by atoms with Gasteiger partial charge < -0.3 is 10.5 Å². The van der Waals surface area contributed by atoms with Crippen molar-refractivity contribution in [2.75, 3.05) is 0 Å². The minimum atomic E-state index is 0.421. The van der Waals surface area contributed by atoms with Gasteiger partial charge in [0.25, 0.3) is 0 Å². The molecule has 2 N–H and O–H groups in total. The third-order valence-corrected chi connectivity index (χ3v) is 3.88. The lowest BCUT2D eigenvalue weighted by Gasteiger charge is -2.12. The molecule has 0 heterocycles. The lowest BCUT2D eigenvalue weighted by atomic mass is 10.1. The molecule has 2 rings (SSSR count). The average molecular weight is 350 g/mol. The van der Waals surface area contributed by atoms with Gasteiger partial charge in [0, 0.05) is 10.0 Å². The van der Waals surface area contributed by atoms with E-state index in [0.29, 0.717) is 11.6 Å². The first kappa shape index (κ1) is 15.0. The van der Waals surface area contributed by atoms with E-state index in [2.05, 4.69) is 15.9 Å². The van der Waals surface area contributed by atoms with Crippen LogP contribution in [-0.2, 0) is 6.61 Å². The van der Waals surface area contributed by atoms with Crippen molar-refractivity contribution in [3.8, 4) is 5.75 Å². The highest BCUT2D eigenvalue weighted by Crippen LogP contribution is 2.23. The van der Waals surface area contributed by atoms with Crippen LogP contribution in [0.1, 0.15) is 22.3 Å². The third kappa shape index (κ3) is 3.58. The van der Waals surface area contributed by atoms with Crippen LogP contribution in [0.2, 0.25) is 0 Å². The first-order valence-electron chi connectivity index (χ1n) is 6.25. The maximum Gasteiger partial charge on any atom is 0.122 e. The summed E-state index contributed by atoms with van der Waals surface area (Å²) in [5.41, 5.74) is 9.89. The normalized spacial score (nSPS) is 10.3. The van der Waals surface area contributed by atoms with Crippen molar-refractivity contribution in [3.05, 3.63) is 63.1 Å². The molecule has 0 saturated carbocycles. The summed E-state index contributed by atoms with van der Waals surface area (Å²) in [6.07, 6.45) is 0. The molecule has 4 heteroatoms. The van der Waals surface area contributed by atoms with Crippen molar-refractivity contribution < 1.29 is 4.74 Å². The summed E-state index contributed by atoms with van der Waals surface area (Å²) >= 11 is 8.42. The first-order valence-corrected chi connectivity index (χ1v) is 7.46. The molecular formula is C16H16BrNOS.